The summed E-state index contributed by atoms with van der Waals surface area (Å²) in [6.45, 7) is -0.879. The molecule has 0 spiro atoms. The molecule has 0 aliphatic carbocycles. The van der Waals surface area contributed by atoms with Crippen molar-refractivity contribution in [3.05, 3.63) is 35.1 Å². The molecular weight excluding hydrogens is 243 g/mol. The summed E-state index contributed by atoms with van der Waals surface area (Å²) in [4.78, 5) is 25.3. The van der Waals surface area contributed by atoms with Crippen LogP contribution in [0.5, 0.6) is 0 Å². The first-order chi connectivity index (χ1) is 7.91. The van der Waals surface area contributed by atoms with Crippen molar-refractivity contribution in [2.75, 3.05) is 6.61 Å². The number of rotatable bonds is 4. The van der Waals surface area contributed by atoms with Gasteiger partial charge in [-0.25, -0.2) is 23.4 Å². The predicted molar refractivity (Wildman–Crippen MR) is 47.4 cm³/mol. The first-order valence-electron chi connectivity index (χ1n) is 4.20. The fourth-order valence-corrected chi connectivity index (χ4v) is 0.974. The highest BCUT2D eigenvalue weighted by Crippen LogP contribution is 2.14. The maximum absolute atomic E-state index is 13.0. The molecular formula is C9H6F3NO4. The third kappa shape index (κ3) is 3.45. The van der Waals surface area contributed by atoms with Gasteiger partial charge in [-0.3, -0.25) is 9.63 Å². The van der Waals surface area contributed by atoms with Crippen LogP contribution in [0.4, 0.5) is 13.2 Å². The van der Waals surface area contributed by atoms with Crippen LogP contribution in [-0.2, 0) is 9.63 Å². The highest BCUT2D eigenvalue weighted by atomic mass is 19.1. The monoisotopic (exact) mass is 249 g/mol. The second-order valence-electron chi connectivity index (χ2n) is 2.86. The summed E-state index contributed by atoms with van der Waals surface area (Å²) < 4.78 is 38.6. The van der Waals surface area contributed by atoms with Gasteiger partial charge < -0.3 is 5.11 Å². The lowest BCUT2D eigenvalue weighted by molar-refractivity contribution is -0.144. The Morgan fingerprint density at radius 3 is 2.24 bits per heavy atom. The minimum Gasteiger partial charge on any atom is -0.479 e. The smallest absolute Gasteiger partial charge is 0.332 e. The largest absolute Gasteiger partial charge is 0.479 e. The molecule has 0 fully saturated rings. The van der Waals surface area contributed by atoms with Crippen LogP contribution in [0.25, 0.3) is 0 Å². The van der Waals surface area contributed by atoms with Gasteiger partial charge in [0.15, 0.2) is 6.61 Å². The van der Waals surface area contributed by atoms with E-state index in [0.29, 0.717) is 12.1 Å². The third-order valence-electron chi connectivity index (χ3n) is 1.59. The van der Waals surface area contributed by atoms with Crippen LogP contribution in [0.15, 0.2) is 12.1 Å². The number of carbonyl (C=O) groups excluding carboxylic acids is 1. The zero-order chi connectivity index (χ0) is 13.0. The Kier molecular flexibility index (Phi) is 4.05. The van der Waals surface area contributed by atoms with Gasteiger partial charge in [0.1, 0.15) is 23.0 Å². The number of hydrogen-bond acceptors (Lipinski definition) is 3. The Morgan fingerprint density at radius 1 is 1.24 bits per heavy atom. The second-order valence-corrected chi connectivity index (χ2v) is 2.86. The van der Waals surface area contributed by atoms with Gasteiger partial charge >= 0.3 is 5.97 Å². The molecule has 17 heavy (non-hydrogen) atoms. The molecule has 1 amide bonds. The summed E-state index contributed by atoms with van der Waals surface area (Å²) in [6.07, 6.45) is 0. The molecule has 0 unspecified atom stereocenters. The fraction of sp³-hybridized carbons (Fsp3) is 0.111. The zero-order valence-corrected chi connectivity index (χ0v) is 8.17. The molecule has 1 aromatic rings. The molecule has 2 N–H and O–H groups in total. The number of carboxylic acids is 1. The molecule has 0 atom stereocenters. The van der Waals surface area contributed by atoms with Crippen molar-refractivity contribution in [1.82, 2.24) is 5.48 Å². The van der Waals surface area contributed by atoms with Crippen molar-refractivity contribution in [1.29, 1.82) is 0 Å². The summed E-state index contributed by atoms with van der Waals surface area (Å²) in [5.41, 5.74) is 0.451. The van der Waals surface area contributed by atoms with E-state index in [1.807, 2.05) is 0 Å². The molecule has 0 heterocycles. The van der Waals surface area contributed by atoms with Gasteiger partial charge in [-0.15, -0.1) is 0 Å². The molecule has 0 aliphatic heterocycles. The molecule has 0 aliphatic rings. The van der Waals surface area contributed by atoms with Crippen LogP contribution in [0.2, 0.25) is 0 Å². The van der Waals surface area contributed by atoms with Crippen molar-refractivity contribution in [2.45, 2.75) is 0 Å². The van der Waals surface area contributed by atoms with E-state index in [1.165, 1.54) is 5.48 Å². The Balaban J connectivity index is 2.79. The molecule has 1 rings (SSSR count). The molecule has 5 nitrogen and oxygen atoms in total. The predicted octanol–water partition coefficient (Wildman–Crippen LogP) is 0.850. The number of hydrogen-bond donors (Lipinski definition) is 2. The van der Waals surface area contributed by atoms with Crippen molar-refractivity contribution >= 4 is 11.9 Å². The van der Waals surface area contributed by atoms with Crippen molar-refractivity contribution in [3.63, 3.8) is 0 Å². The van der Waals surface area contributed by atoms with Gasteiger partial charge in [0.05, 0.1) is 0 Å². The average molecular weight is 249 g/mol. The molecule has 0 bridgehead atoms. The minimum absolute atomic E-state index is 0.315. The molecule has 0 aromatic heterocycles. The van der Waals surface area contributed by atoms with Crippen molar-refractivity contribution < 1.29 is 32.7 Å². The number of benzene rings is 1. The topological polar surface area (TPSA) is 75.6 Å². The normalized spacial score (nSPS) is 10.1. The lowest BCUT2D eigenvalue weighted by atomic mass is 10.2. The van der Waals surface area contributed by atoms with Gasteiger partial charge in [0.2, 0.25) is 0 Å². The number of aliphatic carboxylic acids is 1. The molecule has 1 aromatic carbocycles. The van der Waals surface area contributed by atoms with Crippen LogP contribution in [0.1, 0.15) is 10.4 Å². The molecule has 0 radical (unpaired) electrons. The van der Waals surface area contributed by atoms with Gasteiger partial charge in [0, 0.05) is 12.1 Å². The third-order valence-corrected chi connectivity index (χ3v) is 1.59. The summed E-state index contributed by atoms with van der Waals surface area (Å²) in [6, 6.07) is 0.629. The summed E-state index contributed by atoms with van der Waals surface area (Å²) in [7, 11) is 0. The number of carbonyl (C=O) groups is 2. The van der Waals surface area contributed by atoms with E-state index in [9.17, 15) is 22.8 Å². The van der Waals surface area contributed by atoms with E-state index in [2.05, 4.69) is 4.84 Å². The second kappa shape index (κ2) is 5.30. The van der Waals surface area contributed by atoms with Crippen LogP contribution < -0.4 is 5.48 Å². The number of nitrogens with one attached hydrogen (secondary N) is 1. The Morgan fingerprint density at radius 2 is 1.76 bits per heavy atom. The van der Waals surface area contributed by atoms with E-state index in [-0.39, 0.29) is 0 Å². The Bertz CT molecular complexity index is 441. The van der Waals surface area contributed by atoms with E-state index >= 15 is 0 Å². The van der Waals surface area contributed by atoms with Gasteiger partial charge in [0.25, 0.3) is 5.91 Å². The lowest BCUT2D eigenvalue weighted by Gasteiger charge is -2.06. The van der Waals surface area contributed by atoms with Gasteiger partial charge in [-0.2, -0.15) is 0 Å². The molecule has 8 heteroatoms. The van der Waals surface area contributed by atoms with Gasteiger partial charge in [-0.05, 0) is 0 Å². The van der Waals surface area contributed by atoms with Crippen LogP contribution in [0, 0.1) is 17.5 Å². The van der Waals surface area contributed by atoms with E-state index < -0.39 is 41.5 Å². The van der Waals surface area contributed by atoms with E-state index in [0.717, 1.165) is 0 Å². The van der Waals surface area contributed by atoms with Crippen LogP contribution in [-0.4, -0.2) is 23.6 Å². The standard InChI is InChI=1S/C9H6F3NO4/c10-4-1-5(11)8(6(12)2-4)9(16)13-17-3-7(14)15/h1-2H,3H2,(H,13,16)(H,14,15). The number of carboxylic acid groups (broad SMARTS) is 1. The van der Waals surface area contributed by atoms with Crippen molar-refractivity contribution in [3.8, 4) is 0 Å². The molecule has 0 saturated carbocycles. The summed E-state index contributed by atoms with van der Waals surface area (Å²) in [5, 5.41) is 8.17. The first kappa shape index (κ1) is 13.0. The minimum atomic E-state index is -1.42. The Hall–Kier alpha value is -2.09. The number of hydroxylamine groups is 1. The van der Waals surface area contributed by atoms with E-state index in [4.69, 9.17) is 5.11 Å². The quantitative estimate of drug-likeness (QED) is 0.775. The first-order valence-corrected chi connectivity index (χ1v) is 4.20. The van der Waals surface area contributed by atoms with E-state index in [1.54, 1.807) is 0 Å². The number of halogens is 3. The van der Waals surface area contributed by atoms with Gasteiger partial charge in [-0.1, -0.05) is 0 Å². The van der Waals surface area contributed by atoms with Crippen LogP contribution >= 0.6 is 0 Å². The SMILES string of the molecule is O=C(O)CONC(=O)c1c(F)cc(F)cc1F. The summed E-state index contributed by atoms with van der Waals surface area (Å²) in [5.74, 6) is -6.74. The fourth-order valence-electron chi connectivity index (χ4n) is 0.974. The summed E-state index contributed by atoms with van der Waals surface area (Å²) >= 11 is 0. The van der Waals surface area contributed by atoms with Crippen LogP contribution in [0.3, 0.4) is 0 Å². The highest BCUT2D eigenvalue weighted by molar-refractivity contribution is 5.94. The highest BCUT2D eigenvalue weighted by Gasteiger charge is 2.19. The molecule has 92 valence electrons. The zero-order valence-electron chi connectivity index (χ0n) is 8.17. The maximum Gasteiger partial charge on any atom is 0.332 e. The average Bonchev–Trinajstić information content (AvgIpc) is 2.14. The van der Waals surface area contributed by atoms with Crippen molar-refractivity contribution in [2.24, 2.45) is 0 Å². The number of amides is 1. The Labute approximate surface area is 92.8 Å². The molecule has 0 saturated heterocycles. The lowest BCUT2D eigenvalue weighted by Crippen LogP contribution is -2.28. The maximum atomic E-state index is 13.0.